The fourth-order valence-corrected chi connectivity index (χ4v) is 1.45. The molecule has 2 aromatic rings. The maximum atomic E-state index is 5.71. The van der Waals surface area contributed by atoms with E-state index in [2.05, 4.69) is 15.4 Å². The van der Waals surface area contributed by atoms with Crippen LogP contribution in [-0.4, -0.2) is 15.4 Å². The van der Waals surface area contributed by atoms with Crippen molar-refractivity contribution in [2.45, 2.75) is 19.8 Å². The Morgan fingerprint density at radius 1 is 1.50 bits per heavy atom. The highest BCUT2D eigenvalue weighted by Crippen LogP contribution is 2.32. The molecule has 0 saturated heterocycles. The van der Waals surface area contributed by atoms with E-state index in [9.17, 15) is 0 Å². The molecule has 0 atom stereocenters. The Labute approximate surface area is 81.3 Å². The van der Waals surface area contributed by atoms with Gasteiger partial charge >= 0.3 is 0 Å². The zero-order chi connectivity index (χ0) is 10.1. The van der Waals surface area contributed by atoms with Gasteiger partial charge in [0.15, 0.2) is 11.6 Å². The van der Waals surface area contributed by atoms with Gasteiger partial charge in [-0.2, -0.15) is 5.10 Å². The standard InChI is InChI=1S/C9H12N4O/c1-5(2)7-8(14-13-9(7)10)6-3-11-12-4-6/h3-5H,1-2H3,(H2,10,13)(H,11,12). The Kier molecular flexibility index (Phi) is 1.99. The average Bonchev–Trinajstić information content (AvgIpc) is 2.70. The summed E-state index contributed by atoms with van der Waals surface area (Å²) in [6.45, 7) is 4.10. The molecule has 0 unspecified atom stereocenters. The minimum absolute atomic E-state index is 0.283. The number of nitrogen functional groups attached to an aromatic ring is 1. The van der Waals surface area contributed by atoms with Gasteiger partial charge in [-0.15, -0.1) is 0 Å². The van der Waals surface area contributed by atoms with Crippen LogP contribution in [0.4, 0.5) is 5.82 Å². The van der Waals surface area contributed by atoms with Gasteiger partial charge in [-0.25, -0.2) is 0 Å². The van der Waals surface area contributed by atoms with Gasteiger partial charge in [-0.1, -0.05) is 19.0 Å². The molecule has 3 N–H and O–H groups in total. The van der Waals surface area contributed by atoms with Crippen molar-refractivity contribution in [3.63, 3.8) is 0 Å². The molecule has 0 spiro atoms. The number of nitrogens with two attached hydrogens (primary N) is 1. The Balaban J connectivity index is 2.54. The predicted octanol–water partition coefficient (Wildman–Crippen LogP) is 1.77. The van der Waals surface area contributed by atoms with E-state index in [4.69, 9.17) is 10.3 Å². The summed E-state index contributed by atoms with van der Waals surface area (Å²) in [6, 6.07) is 0. The number of H-pyrrole nitrogens is 1. The van der Waals surface area contributed by atoms with Crippen molar-refractivity contribution >= 4 is 5.82 Å². The summed E-state index contributed by atoms with van der Waals surface area (Å²) in [7, 11) is 0. The smallest absolute Gasteiger partial charge is 0.175 e. The first-order valence-corrected chi connectivity index (χ1v) is 4.44. The number of aromatic amines is 1. The zero-order valence-corrected chi connectivity index (χ0v) is 8.11. The second kappa shape index (κ2) is 3.17. The van der Waals surface area contributed by atoms with Crippen molar-refractivity contribution in [2.75, 3.05) is 5.73 Å². The van der Waals surface area contributed by atoms with Crippen molar-refractivity contribution in [1.29, 1.82) is 0 Å². The normalized spacial score (nSPS) is 11.1. The first kappa shape index (κ1) is 8.80. The zero-order valence-electron chi connectivity index (χ0n) is 8.11. The van der Waals surface area contributed by atoms with E-state index in [0.29, 0.717) is 11.6 Å². The summed E-state index contributed by atoms with van der Waals surface area (Å²) in [6.07, 6.45) is 3.44. The Bertz CT molecular complexity index is 416. The minimum atomic E-state index is 0.283. The minimum Gasteiger partial charge on any atom is -0.381 e. The molecule has 2 heterocycles. The number of anilines is 1. The van der Waals surface area contributed by atoms with Gasteiger partial charge in [0.1, 0.15) is 0 Å². The molecule has 2 rings (SSSR count). The lowest BCUT2D eigenvalue weighted by Gasteiger charge is -2.02. The van der Waals surface area contributed by atoms with E-state index in [0.717, 1.165) is 11.1 Å². The van der Waals surface area contributed by atoms with Gasteiger partial charge < -0.3 is 10.3 Å². The maximum Gasteiger partial charge on any atom is 0.175 e. The lowest BCUT2D eigenvalue weighted by atomic mass is 10.0. The molecule has 0 aliphatic rings. The van der Waals surface area contributed by atoms with Gasteiger partial charge in [-0.3, -0.25) is 5.10 Å². The van der Waals surface area contributed by atoms with Crippen LogP contribution in [0.3, 0.4) is 0 Å². The van der Waals surface area contributed by atoms with Crippen LogP contribution in [0.25, 0.3) is 11.3 Å². The van der Waals surface area contributed by atoms with Crippen LogP contribution < -0.4 is 5.73 Å². The van der Waals surface area contributed by atoms with E-state index >= 15 is 0 Å². The molecule has 0 aromatic carbocycles. The topological polar surface area (TPSA) is 80.7 Å². The van der Waals surface area contributed by atoms with Crippen LogP contribution in [0.15, 0.2) is 16.9 Å². The van der Waals surface area contributed by atoms with Crippen molar-refractivity contribution in [3.05, 3.63) is 18.0 Å². The van der Waals surface area contributed by atoms with Crippen molar-refractivity contribution < 1.29 is 4.52 Å². The third kappa shape index (κ3) is 1.26. The van der Waals surface area contributed by atoms with Gasteiger partial charge in [0.2, 0.25) is 0 Å². The molecule has 5 heteroatoms. The quantitative estimate of drug-likeness (QED) is 0.759. The van der Waals surface area contributed by atoms with Gasteiger partial charge in [0, 0.05) is 11.8 Å². The summed E-state index contributed by atoms with van der Waals surface area (Å²) in [5, 5.41) is 10.3. The van der Waals surface area contributed by atoms with E-state index in [-0.39, 0.29) is 5.92 Å². The fourth-order valence-electron chi connectivity index (χ4n) is 1.45. The highest BCUT2D eigenvalue weighted by molar-refractivity contribution is 5.65. The second-order valence-electron chi connectivity index (χ2n) is 3.45. The summed E-state index contributed by atoms with van der Waals surface area (Å²) in [5.74, 6) is 1.44. The maximum absolute atomic E-state index is 5.71. The molecule has 0 aliphatic carbocycles. The van der Waals surface area contributed by atoms with Gasteiger partial charge in [0.05, 0.1) is 11.8 Å². The van der Waals surface area contributed by atoms with Crippen LogP contribution in [0, 0.1) is 0 Å². The molecule has 0 amide bonds. The lowest BCUT2D eigenvalue weighted by Crippen LogP contribution is -1.94. The summed E-state index contributed by atoms with van der Waals surface area (Å²) in [5.41, 5.74) is 7.52. The van der Waals surface area contributed by atoms with Crippen LogP contribution in [-0.2, 0) is 0 Å². The highest BCUT2D eigenvalue weighted by Gasteiger charge is 2.18. The van der Waals surface area contributed by atoms with Crippen LogP contribution in [0.2, 0.25) is 0 Å². The summed E-state index contributed by atoms with van der Waals surface area (Å²) in [4.78, 5) is 0. The lowest BCUT2D eigenvalue weighted by molar-refractivity contribution is 0.434. The molecule has 14 heavy (non-hydrogen) atoms. The first-order chi connectivity index (χ1) is 6.70. The molecule has 74 valence electrons. The molecule has 0 bridgehead atoms. The van der Waals surface area contributed by atoms with Gasteiger partial charge in [0.25, 0.3) is 0 Å². The number of nitrogens with one attached hydrogen (secondary N) is 1. The van der Waals surface area contributed by atoms with E-state index in [1.54, 1.807) is 12.4 Å². The Hall–Kier alpha value is -1.78. The number of hydrogen-bond donors (Lipinski definition) is 2. The van der Waals surface area contributed by atoms with Gasteiger partial charge in [-0.05, 0) is 5.92 Å². The molecule has 5 nitrogen and oxygen atoms in total. The number of aromatic nitrogens is 3. The molecule has 0 radical (unpaired) electrons. The molecule has 2 aromatic heterocycles. The Morgan fingerprint density at radius 3 is 2.86 bits per heavy atom. The highest BCUT2D eigenvalue weighted by atomic mass is 16.5. The second-order valence-corrected chi connectivity index (χ2v) is 3.45. The molecular weight excluding hydrogens is 180 g/mol. The number of hydrogen-bond acceptors (Lipinski definition) is 4. The van der Waals surface area contributed by atoms with Crippen molar-refractivity contribution in [2.24, 2.45) is 0 Å². The summed E-state index contributed by atoms with van der Waals surface area (Å²) >= 11 is 0. The molecule has 0 saturated carbocycles. The molecule has 0 aliphatic heterocycles. The van der Waals surface area contributed by atoms with E-state index in [1.807, 2.05) is 13.8 Å². The van der Waals surface area contributed by atoms with E-state index in [1.165, 1.54) is 0 Å². The monoisotopic (exact) mass is 192 g/mol. The fraction of sp³-hybridized carbons (Fsp3) is 0.333. The first-order valence-electron chi connectivity index (χ1n) is 4.44. The molecule has 0 fully saturated rings. The van der Waals surface area contributed by atoms with Crippen LogP contribution in [0.5, 0.6) is 0 Å². The van der Waals surface area contributed by atoms with Crippen LogP contribution in [0.1, 0.15) is 25.3 Å². The Morgan fingerprint density at radius 2 is 2.29 bits per heavy atom. The number of rotatable bonds is 2. The van der Waals surface area contributed by atoms with E-state index < -0.39 is 0 Å². The average molecular weight is 192 g/mol. The SMILES string of the molecule is CC(C)c1c(N)noc1-c1cn[nH]c1. The third-order valence-electron chi connectivity index (χ3n) is 2.09. The van der Waals surface area contributed by atoms with Crippen molar-refractivity contribution in [1.82, 2.24) is 15.4 Å². The van der Waals surface area contributed by atoms with Crippen molar-refractivity contribution in [3.8, 4) is 11.3 Å². The predicted molar refractivity (Wildman–Crippen MR) is 52.6 cm³/mol. The number of nitrogens with zero attached hydrogens (tertiary/aromatic N) is 2. The molecular formula is C9H12N4O. The van der Waals surface area contributed by atoms with Crippen LogP contribution >= 0.6 is 0 Å². The largest absolute Gasteiger partial charge is 0.381 e. The summed E-state index contributed by atoms with van der Waals surface area (Å²) < 4.78 is 5.17. The third-order valence-corrected chi connectivity index (χ3v) is 2.09.